The van der Waals surface area contributed by atoms with Gasteiger partial charge in [-0.2, -0.15) is 4.31 Å². The minimum Gasteiger partial charge on any atom is -0.348 e. The molecule has 0 heterocycles. The van der Waals surface area contributed by atoms with Crippen LogP contribution in [0.2, 0.25) is 0 Å². The number of nitrogens with one attached hydrogen (secondary N) is 1. The molecular weight excluding hydrogens is 360 g/mol. The Bertz CT molecular complexity index is 885. The maximum Gasteiger partial charge on any atom is 0.244 e. The molecule has 0 aromatic heterocycles. The van der Waals surface area contributed by atoms with E-state index in [-0.39, 0.29) is 10.8 Å². The minimum absolute atomic E-state index is 0.184. The number of nitrogens with zero attached hydrogens (tertiary/aromatic N) is 1. The summed E-state index contributed by atoms with van der Waals surface area (Å²) in [6.07, 6.45) is 1.56. The summed E-state index contributed by atoms with van der Waals surface area (Å²) in [5.74, 6) is -0.184. The van der Waals surface area contributed by atoms with Gasteiger partial charge in [-0.05, 0) is 35.8 Å². The molecule has 2 aromatic carbocycles. The lowest BCUT2D eigenvalue weighted by molar-refractivity contribution is -0.116. The molecule has 0 aliphatic heterocycles. The molecule has 0 fully saturated rings. The number of rotatable bonds is 8. The van der Waals surface area contributed by atoms with Gasteiger partial charge in [-0.25, -0.2) is 8.42 Å². The first-order valence-corrected chi connectivity index (χ1v) is 10.4. The Morgan fingerprint density at radius 3 is 2.15 bits per heavy atom. The molecule has 2 rings (SSSR count). The van der Waals surface area contributed by atoms with E-state index >= 15 is 0 Å². The van der Waals surface area contributed by atoms with Crippen molar-refractivity contribution in [2.45, 2.75) is 32.2 Å². The van der Waals surface area contributed by atoms with Crippen molar-refractivity contribution in [1.82, 2.24) is 9.62 Å². The molecule has 1 amide bonds. The molecule has 0 unspecified atom stereocenters. The van der Waals surface area contributed by atoms with Gasteiger partial charge >= 0.3 is 0 Å². The smallest absolute Gasteiger partial charge is 0.244 e. The van der Waals surface area contributed by atoms with Gasteiger partial charge in [-0.15, -0.1) is 0 Å². The lowest BCUT2D eigenvalue weighted by Crippen LogP contribution is -2.30. The second-order valence-corrected chi connectivity index (χ2v) is 8.08. The van der Waals surface area contributed by atoms with Crippen LogP contribution in [0.5, 0.6) is 0 Å². The largest absolute Gasteiger partial charge is 0.348 e. The maximum atomic E-state index is 12.5. The van der Waals surface area contributed by atoms with Crippen molar-refractivity contribution in [2.75, 3.05) is 13.1 Å². The van der Waals surface area contributed by atoms with Crippen LogP contribution in [0.3, 0.4) is 0 Å². The van der Waals surface area contributed by atoms with E-state index in [9.17, 15) is 13.2 Å². The molecule has 0 saturated heterocycles. The molecule has 0 aliphatic rings. The monoisotopic (exact) mass is 386 g/mol. The quantitative estimate of drug-likeness (QED) is 0.707. The van der Waals surface area contributed by atoms with Gasteiger partial charge in [0.05, 0.1) is 4.90 Å². The molecule has 1 N–H and O–H groups in total. The second-order valence-electron chi connectivity index (χ2n) is 6.14. The molecule has 0 saturated carbocycles. The summed E-state index contributed by atoms with van der Waals surface area (Å²) in [7, 11) is -3.46. The molecule has 5 nitrogen and oxygen atoms in total. The average molecular weight is 387 g/mol. The molecule has 2 aromatic rings. The third-order valence-corrected chi connectivity index (χ3v) is 6.37. The van der Waals surface area contributed by atoms with Crippen molar-refractivity contribution in [2.24, 2.45) is 0 Å². The van der Waals surface area contributed by atoms with E-state index < -0.39 is 10.0 Å². The van der Waals surface area contributed by atoms with Gasteiger partial charge in [0.15, 0.2) is 0 Å². The number of hydrogen-bond acceptors (Lipinski definition) is 3. The number of carbonyl (C=O) groups excluding carboxylic acids is 1. The average Bonchev–Trinajstić information content (AvgIpc) is 2.68. The standard InChI is InChI=1S/C21H26N2O3S/c1-4-23(5-2)27(25,26)20-13-11-18(12-14-20)16-22-21(24)15-17(3)19-9-7-6-8-10-19/h6-15H,4-5,16H2,1-3H3,(H,22,24)/b17-15+. The van der Waals surface area contributed by atoms with Crippen LogP contribution in [0.1, 0.15) is 31.9 Å². The van der Waals surface area contributed by atoms with Crippen molar-refractivity contribution in [1.29, 1.82) is 0 Å². The van der Waals surface area contributed by atoms with Gasteiger partial charge in [0.25, 0.3) is 0 Å². The van der Waals surface area contributed by atoms with Crippen LogP contribution in [-0.4, -0.2) is 31.7 Å². The van der Waals surface area contributed by atoms with Gasteiger partial charge in [-0.3, -0.25) is 4.79 Å². The molecule has 6 heteroatoms. The SMILES string of the molecule is CCN(CC)S(=O)(=O)c1ccc(CNC(=O)/C=C(\C)c2ccccc2)cc1. The van der Waals surface area contributed by atoms with E-state index in [2.05, 4.69) is 5.32 Å². The fourth-order valence-corrected chi connectivity index (χ4v) is 4.17. The highest BCUT2D eigenvalue weighted by atomic mass is 32.2. The predicted octanol–water partition coefficient (Wildman–Crippen LogP) is 3.44. The Labute approximate surface area is 161 Å². The third kappa shape index (κ3) is 5.52. The van der Waals surface area contributed by atoms with Gasteiger partial charge in [0, 0.05) is 25.7 Å². The number of amides is 1. The highest BCUT2D eigenvalue weighted by Gasteiger charge is 2.21. The summed E-state index contributed by atoms with van der Waals surface area (Å²) in [6.45, 7) is 6.73. The topological polar surface area (TPSA) is 66.5 Å². The molecular formula is C21H26N2O3S. The lowest BCUT2D eigenvalue weighted by Gasteiger charge is -2.18. The molecule has 144 valence electrons. The Morgan fingerprint density at radius 1 is 1.00 bits per heavy atom. The van der Waals surface area contributed by atoms with E-state index in [0.717, 1.165) is 16.7 Å². The predicted molar refractivity (Wildman–Crippen MR) is 108 cm³/mol. The summed E-state index contributed by atoms with van der Waals surface area (Å²) in [4.78, 5) is 12.4. The van der Waals surface area contributed by atoms with Crippen LogP contribution in [0.4, 0.5) is 0 Å². The molecule has 27 heavy (non-hydrogen) atoms. The number of allylic oxidation sites excluding steroid dienone is 1. The number of sulfonamides is 1. The normalized spacial score (nSPS) is 12.2. The van der Waals surface area contributed by atoms with Crippen LogP contribution in [0.25, 0.3) is 5.57 Å². The molecule has 0 atom stereocenters. The van der Waals surface area contributed by atoms with Crippen molar-refractivity contribution >= 4 is 21.5 Å². The summed E-state index contributed by atoms with van der Waals surface area (Å²) in [6, 6.07) is 16.3. The van der Waals surface area contributed by atoms with Crippen molar-refractivity contribution in [3.05, 3.63) is 71.8 Å². The van der Waals surface area contributed by atoms with Gasteiger partial charge in [0.1, 0.15) is 0 Å². The molecule has 0 spiro atoms. The highest BCUT2D eigenvalue weighted by molar-refractivity contribution is 7.89. The van der Waals surface area contributed by atoms with E-state index in [1.165, 1.54) is 4.31 Å². The van der Waals surface area contributed by atoms with Crippen LogP contribution in [-0.2, 0) is 21.4 Å². The number of hydrogen-bond donors (Lipinski definition) is 1. The van der Waals surface area contributed by atoms with Crippen molar-refractivity contribution < 1.29 is 13.2 Å². The zero-order valence-corrected chi connectivity index (χ0v) is 16.8. The fraction of sp³-hybridized carbons (Fsp3) is 0.286. The van der Waals surface area contributed by atoms with Crippen molar-refractivity contribution in [3.8, 4) is 0 Å². The maximum absolute atomic E-state index is 12.5. The molecule has 0 aliphatic carbocycles. The van der Waals surface area contributed by atoms with Crippen LogP contribution >= 0.6 is 0 Å². The molecule has 0 radical (unpaired) electrons. The van der Waals surface area contributed by atoms with E-state index in [0.29, 0.717) is 19.6 Å². The Morgan fingerprint density at radius 2 is 1.59 bits per heavy atom. The van der Waals surface area contributed by atoms with Gasteiger partial charge in [0.2, 0.25) is 15.9 Å². The summed E-state index contributed by atoms with van der Waals surface area (Å²) in [5.41, 5.74) is 2.72. The van der Waals surface area contributed by atoms with Crippen LogP contribution in [0.15, 0.2) is 65.6 Å². The summed E-state index contributed by atoms with van der Waals surface area (Å²) >= 11 is 0. The van der Waals surface area contributed by atoms with E-state index in [1.807, 2.05) is 51.1 Å². The Hall–Kier alpha value is -2.44. The van der Waals surface area contributed by atoms with Crippen LogP contribution < -0.4 is 5.32 Å². The third-order valence-electron chi connectivity index (χ3n) is 4.31. The number of benzene rings is 2. The molecule has 0 bridgehead atoms. The first kappa shape index (κ1) is 20.9. The zero-order chi connectivity index (χ0) is 19.9. The number of carbonyl (C=O) groups is 1. The van der Waals surface area contributed by atoms with E-state index in [1.54, 1.807) is 30.3 Å². The summed E-state index contributed by atoms with van der Waals surface area (Å²) in [5, 5.41) is 2.83. The Kier molecular flexibility index (Phi) is 7.33. The fourth-order valence-electron chi connectivity index (χ4n) is 2.71. The summed E-state index contributed by atoms with van der Waals surface area (Å²) < 4.78 is 26.4. The lowest BCUT2D eigenvalue weighted by atomic mass is 10.1. The van der Waals surface area contributed by atoms with Crippen molar-refractivity contribution in [3.63, 3.8) is 0 Å². The first-order chi connectivity index (χ1) is 12.9. The first-order valence-electron chi connectivity index (χ1n) is 8.99. The van der Waals surface area contributed by atoms with Gasteiger partial charge in [-0.1, -0.05) is 56.3 Å². The highest BCUT2D eigenvalue weighted by Crippen LogP contribution is 2.16. The van der Waals surface area contributed by atoms with Crippen LogP contribution in [0, 0.1) is 0 Å². The van der Waals surface area contributed by atoms with Gasteiger partial charge < -0.3 is 5.32 Å². The Balaban J connectivity index is 2.00. The van der Waals surface area contributed by atoms with E-state index in [4.69, 9.17) is 0 Å². The second kappa shape index (κ2) is 9.48. The zero-order valence-electron chi connectivity index (χ0n) is 16.0. The minimum atomic E-state index is -3.46.